The third-order valence-corrected chi connectivity index (χ3v) is 5.18. The number of anilines is 1. The number of nitrogens with zero attached hydrogens (tertiary/aromatic N) is 2. The van der Waals surface area contributed by atoms with Crippen molar-refractivity contribution in [3.05, 3.63) is 29.8 Å². The predicted octanol–water partition coefficient (Wildman–Crippen LogP) is 1.34. The number of guanidine groups is 1. The van der Waals surface area contributed by atoms with Crippen molar-refractivity contribution in [2.24, 2.45) is 4.99 Å². The Balaban J connectivity index is 1.94. The molecule has 7 heteroatoms. The molecule has 0 aromatic heterocycles. The lowest BCUT2D eigenvalue weighted by atomic mass is 10.2. The van der Waals surface area contributed by atoms with E-state index in [4.69, 9.17) is 0 Å². The van der Waals surface area contributed by atoms with Crippen LogP contribution in [0.3, 0.4) is 0 Å². The monoisotopic (exact) mass is 338 g/mol. The van der Waals surface area contributed by atoms with E-state index >= 15 is 0 Å². The summed E-state index contributed by atoms with van der Waals surface area (Å²) in [5.74, 6) is 0.986. The van der Waals surface area contributed by atoms with Gasteiger partial charge in [0, 0.05) is 31.9 Å². The maximum absolute atomic E-state index is 11.4. The van der Waals surface area contributed by atoms with Crippen LogP contribution in [-0.2, 0) is 16.4 Å². The number of sulfonamides is 1. The first kappa shape index (κ1) is 17.7. The summed E-state index contributed by atoms with van der Waals surface area (Å²) in [5.41, 5.74) is 2.55. The normalized spacial score (nSPS) is 14.9. The average molecular weight is 338 g/mol. The maximum atomic E-state index is 11.4. The Labute approximate surface area is 139 Å². The molecule has 6 nitrogen and oxygen atoms in total. The van der Waals surface area contributed by atoms with E-state index in [1.165, 1.54) is 11.3 Å². The summed E-state index contributed by atoms with van der Waals surface area (Å²) in [6.07, 6.45) is 1.71. The zero-order chi connectivity index (χ0) is 16.7. The Morgan fingerprint density at radius 3 is 2.83 bits per heavy atom. The van der Waals surface area contributed by atoms with Crippen molar-refractivity contribution in [3.8, 4) is 0 Å². The summed E-state index contributed by atoms with van der Waals surface area (Å²) in [7, 11) is -3.11. The van der Waals surface area contributed by atoms with E-state index in [0.29, 0.717) is 19.5 Å². The Hall–Kier alpha value is -1.60. The van der Waals surface area contributed by atoms with Gasteiger partial charge in [0.2, 0.25) is 10.0 Å². The summed E-state index contributed by atoms with van der Waals surface area (Å²) < 4.78 is 25.3. The van der Waals surface area contributed by atoms with E-state index in [1.807, 2.05) is 13.0 Å². The summed E-state index contributed by atoms with van der Waals surface area (Å²) in [6.45, 7) is 6.43. The fourth-order valence-electron chi connectivity index (χ4n) is 2.55. The highest BCUT2D eigenvalue weighted by molar-refractivity contribution is 7.89. The fraction of sp³-hybridized carbons (Fsp3) is 0.562. The molecular formula is C16H26N4O2S. The molecule has 1 aliphatic heterocycles. The second kappa shape index (κ2) is 8.31. The number of nitrogens with one attached hydrogen (secondary N) is 2. The molecule has 0 atom stereocenters. The molecule has 2 rings (SSSR count). The number of benzene rings is 1. The second-order valence-electron chi connectivity index (χ2n) is 5.42. The van der Waals surface area contributed by atoms with Gasteiger partial charge >= 0.3 is 0 Å². The predicted molar refractivity (Wildman–Crippen MR) is 95.6 cm³/mol. The van der Waals surface area contributed by atoms with Gasteiger partial charge in [0.1, 0.15) is 0 Å². The van der Waals surface area contributed by atoms with Crippen LogP contribution in [0, 0.1) is 0 Å². The zero-order valence-electron chi connectivity index (χ0n) is 13.9. The molecule has 0 bridgehead atoms. The van der Waals surface area contributed by atoms with Gasteiger partial charge in [-0.2, -0.15) is 0 Å². The number of rotatable bonds is 7. The minimum absolute atomic E-state index is 0.115. The highest BCUT2D eigenvalue weighted by atomic mass is 32.2. The van der Waals surface area contributed by atoms with Crippen molar-refractivity contribution in [1.29, 1.82) is 0 Å². The van der Waals surface area contributed by atoms with E-state index in [0.717, 1.165) is 25.5 Å². The molecule has 1 aromatic carbocycles. The molecule has 128 valence electrons. The first-order valence-electron chi connectivity index (χ1n) is 8.18. The molecule has 1 aromatic rings. The first-order chi connectivity index (χ1) is 11.1. The molecule has 0 unspecified atom stereocenters. The van der Waals surface area contributed by atoms with Crippen molar-refractivity contribution >= 4 is 21.7 Å². The van der Waals surface area contributed by atoms with Crippen LogP contribution in [0.5, 0.6) is 0 Å². The molecule has 0 fully saturated rings. The topological polar surface area (TPSA) is 73.8 Å². The van der Waals surface area contributed by atoms with E-state index in [1.54, 1.807) is 6.92 Å². The lowest BCUT2D eigenvalue weighted by Crippen LogP contribution is -2.40. The van der Waals surface area contributed by atoms with Crippen LogP contribution in [0.15, 0.2) is 29.3 Å². The van der Waals surface area contributed by atoms with Gasteiger partial charge in [-0.05, 0) is 38.3 Å². The molecule has 1 aliphatic rings. The maximum Gasteiger partial charge on any atom is 0.211 e. The summed E-state index contributed by atoms with van der Waals surface area (Å²) in [4.78, 5) is 6.84. The quantitative estimate of drug-likeness (QED) is 0.447. The van der Waals surface area contributed by atoms with Crippen LogP contribution in [0.2, 0.25) is 0 Å². The Bertz CT molecular complexity index is 643. The molecule has 0 aliphatic carbocycles. The van der Waals surface area contributed by atoms with Crippen LogP contribution in [0.4, 0.5) is 5.69 Å². The molecule has 0 radical (unpaired) electrons. The Morgan fingerprint density at radius 1 is 1.30 bits per heavy atom. The number of aliphatic imine (C=N–C) groups is 1. The van der Waals surface area contributed by atoms with Gasteiger partial charge in [0.15, 0.2) is 5.96 Å². The second-order valence-corrected chi connectivity index (χ2v) is 7.51. The fourth-order valence-corrected chi connectivity index (χ4v) is 3.21. The van der Waals surface area contributed by atoms with Crippen LogP contribution < -0.4 is 14.9 Å². The van der Waals surface area contributed by atoms with Gasteiger partial charge in [0.25, 0.3) is 0 Å². The third kappa shape index (κ3) is 4.94. The van der Waals surface area contributed by atoms with E-state index < -0.39 is 10.0 Å². The molecular weight excluding hydrogens is 312 g/mol. The average Bonchev–Trinajstić information content (AvgIpc) is 2.97. The number of hydrogen-bond donors (Lipinski definition) is 2. The first-order valence-corrected chi connectivity index (χ1v) is 9.83. The number of fused-ring (bicyclic) bond motifs is 1. The highest BCUT2D eigenvalue weighted by Crippen LogP contribution is 2.27. The lowest BCUT2D eigenvalue weighted by Gasteiger charge is -2.22. The molecule has 0 saturated carbocycles. The van der Waals surface area contributed by atoms with E-state index in [9.17, 15) is 8.42 Å². The molecule has 0 saturated heterocycles. The molecule has 2 N–H and O–H groups in total. The minimum Gasteiger partial charge on any atom is -0.356 e. The van der Waals surface area contributed by atoms with E-state index in [-0.39, 0.29) is 5.75 Å². The van der Waals surface area contributed by atoms with Crippen molar-refractivity contribution in [1.82, 2.24) is 10.0 Å². The van der Waals surface area contributed by atoms with Crippen LogP contribution in [0.1, 0.15) is 25.8 Å². The van der Waals surface area contributed by atoms with Crippen molar-refractivity contribution in [2.45, 2.75) is 26.7 Å². The lowest BCUT2D eigenvalue weighted by molar-refractivity contribution is 0.581. The summed E-state index contributed by atoms with van der Waals surface area (Å²) in [6, 6.07) is 8.37. The van der Waals surface area contributed by atoms with Crippen LogP contribution in [-0.4, -0.2) is 46.3 Å². The smallest absolute Gasteiger partial charge is 0.211 e. The largest absolute Gasteiger partial charge is 0.356 e. The van der Waals surface area contributed by atoms with E-state index in [2.05, 4.69) is 38.1 Å². The summed E-state index contributed by atoms with van der Waals surface area (Å²) in [5, 5.41) is 3.32. The van der Waals surface area contributed by atoms with Gasteiger partial charge in [-0.15, -0.1) is 0 Å². The minimum atomic E-state index is -3.11. The third-order valence-electron chi connectivity index (χ3n) is 3.78. The van der Waals surface area contributed by atoms with Crippen LogP contribution in [0.25, 0.3) is 0 Å². The van der Waals surface area contributed by atoms with Crippen molar-refractivity contribution in [2.75, 3.05) is 36.8 Å². The summed E-state index contributed by atoms with van der Waals surface area (Å²) >= 11 is 0. The standard InChI is InChI=1S/C16H26N4O2S/c1-3-17-16(18-11-7-12-19-23(21,22)4-2)20-13-10-14-8-5-6-9-15(14)20/h5-6,8-9,19H,3-4,7,10-13H2,1-2H3,(H,17,18). The van der Waals surface area contributed by atoms with Gasteiger partial charge in [-0.3, -0.25) is 4.99 Å². The molecule has 0 amide bonds. The number of hydrogen-bond acceptors (Lipinski definition) is 3. The Kier molecular flexibility index (Phi) is 6.41. The van der Waals surface area contributed by atoms with Crippen molar-refractivity contribution in [3.63, 3.8) is 0 Å². The SMILES string of the molecule is CCNC(=NCCCNS(=O)(=O)CC)N1CCc2ccccc21. The van der Waals surface area contributed by atoms with Crippen LogP contribution >= 0.6 is 0 Å². The molecule has 0 spiro atoms. The van der Waals surface area contributed by atoms with Crippen molar-refractivity contribution < 1.29 is 8.42 Å². The zero-order valence-corrected chi connectivity index (χ0v) is 14.7. The Morgan fingerprint density at radius 2 is 2.09 bits per heavy atom. The number of para-hydroxylation sites is 1. The molecule has 1 heterocycles. The molecule has 23 heavy (non-hydrogen) atoms. The van der Waals surface area contributed by atoms with Gasteiger partial charge < -0.3 is 10.2 Å². The van der Waals surface area contributed by atoms with Gasteiger partial charge in [-0.1, -0.05) is 18.2 Å². The van der Waals surface area contributed by atoms with Gasteiger partial charge in [0.05, 0.1) is 5.75 Å². The highest BCUT2D eigenvalue weighted by Gasteiger charge is 2.22. The van der Waals surface area contributed by atoms with Gasteiger partial charge in [-0.25, -0.2) is 13.1 Å².